The monoisotopic (exact) mass is 237 g/mol. The lowest BCUT2D eigenvalue weighted by Crippen LogP contribution is -2.31. The first-order valence-corrected chi connectivity index (χ1v) is 6.80. The van der Waals surface area contributed by atoms with E-state index in [2.05, 4.69) is 0 Å². The van der Waals surface area contributed by atoms with Gasteiger partial charge < -0.3 is 4.90 Å². The average molecular weight is 237 g/mol. The molecule has 1 aromatic carbocycles. The van der Waals surface area contributed by atoms with Crippen molar-refractivity contribution in [1.82, 2.24) is 4.90 Å². The molecular formula is C12H15NO2S. The molecule has 86 valence electrons. The molecule has 0 spiro atoms. The number of rotatable bonds is 3. The van der Waals surface area contributed by atoms with E-state index in [1.165, 1.54) is 0 Å². The maximum absolute atomic E-state index is 11.9. The molecule has 1 amide bonds. The van der Waals surface area contributed by atoms with E-state index >= 15 is 0 Å². The molecule has 16 heavy (non-hydrogen) atoms. The van der Waals surface area contributed by atoms with Gasteiger partial charge in [0.15, 0.2) is 0 Å². The van der Waals surface area contributed by atoms with Crippen molar-refractivity contribution in [1.29, 1.82) is 0 Å². The second kappa shape index (κ2) is 5.25. The first kappa shape index (κ1) is 11.3. The van der Waals surface area contributed by atoms with Crippen molar-refractivity contribution in [2.45, 2.75) is 17.7 Å². The van der Waals surface area contributed by atoms with Crippen LogP contribution in [0.3, 0.4) is 0 Å². The van der Waals surface area contributed by atoms with E-state index in [1.807, 2.05) is 18.2 Å². The van der Waals surface area contributed by atoms with Gasteiger partial charge in [-0.25, -0.2) is 0 Å². The lowest BCUT2D eigenvalue weighted by Gasteiger charge is -2.14. The van der Waals surface area contributed by atoms with Crippen LogP contribution in [0.15, 0.2) is 35.2 Å². The van der Waals surface area contributed by atoms with E-state index in [0.717, 1.165) is 30.8 Å². The highest BCUT2D eigenvalue weighted by atomic mass is 32.2. The molecule has 1 aromatic rings. The minimum atomic E-state index is -1.20. The zero-order chi connectivity index (χ0) is 11.4. The van der Waals surface area contributed by atoms with Crippen molar-refractivity contribution in [3.8, 4) is 0 Å². The fourth-order valence-corrected chi connectivity index (χ4v) is 2.86. The molecule has 1 atom stereocenters. The first-order valence-electron chi connectivity index (χ1n) is 5.48. The molecule has 1 aliphatic rings. The number of carbonyl (C=O) groups excluding carboxylic acids is 1. The third kappa shape index (κ3) is 2.70. The summed E-state index contributed by atoms with van der Waals surface area (Å²) < 4.78 is 11.9. The number of likely N-dealkylation sites (tertiary alicyclic amines) is 1. The topological polar surface area (TPSA) is 37.4 Å². The summed E-state index contributed by atoms with van der Waals surface area (Å²) in [5.41, 5.74) is 0. The van der Waals surface area contributed by atoms with Crippen LogP contribution >= 0.6 is 0 Å². The van der Waals surface area contributed by atoms with Crippen molar-refractivity contribution < 1.29 is 9.00 Å². The SMILES string of the molecule is O=C(CS(=O)c1ccccc1)N1CCCC1. The van der Waals surface area contributed by atoms with Gasteiger partial charge in [-0.1, -0.05) is 18.2 Å². The molecular weight excluding hydrogens is 222 g/mol. The highest BCUT2D eigenvalue weighted by Gasteiger charge is 2.20. The van der Waals surface area contributed by atoms with Gasteiger partial charge in [0.1, 0.15) is 5.75 Å². The largest absolute Gasteiger partial charge is 0.342 e. The Bertz CT molecular complexity index is 385. The van der Waals surface area contributed by atoms with Crippen LogP contribution in [0.25, 0.3) is 0 Å². The van der Waals surface area contributed by atoms with E-state index in [1.54, 1.807) is 17.0 Å². The second-order valence-corrected chi connectivity index (χ2v) is 5.34. The van der Waals surface area contributed by atoms with Crippen molar-refractivity contribution in [2.24, 2.45) is 0 Å². The molecule has 0 saturated carbocycles. The molecule has 0 bridgehead atoms. The molecule has 4 heteroatoms. The zero-order valence-corrected chi connectivity index (χ0v) is 9.91. The summed E-state index contributed by atoms with van der Waals surface area (Å²) >= 11 is 0. The normalized spacial score (nSPS) is 17.4. The molecule has 0 aromatic heterocycles. The van der Waals surface area contributed by atoms with E-state index in [9.17, 15) is 9.00 Å². The summed E-state index contributed by atoms with van der Waals surface area (Å²) in [5.74, 6) is 0.129. The highest BCUT2D eigenvalue weighted by molar-refractivity contribution is 7.85. The predicted octanol–water partition coefficient (Wildman–Crippen LogP) is 1.42. The van der Waals surface area contributed by atoms with Gasteiger partial charge in [0.05, 0.1) is 10.8 Å². The van der Waals surface area contributed by atoms with E-state index in [0.29, 0.717) is 0 Å². The fourth-order valence-electron chi connectivity index (χ4n) is 1.83. The van der Waals surface area contributed by atoms with Crippen LogP contribution in [0.2, 0.25) is 0 Å². The van der Waals surface area contributed by atoms with E-state index < -0.39 is 10.8 Å². The van der Waals surface area contributed by atoms with Crippen LogP contribution in [0.5, 0.6) is 0 Å². The van der Waals surface area contributed by atoms with Gasteiger partial charge in [0.2, 0.25) is 5.91 Å². The number of carbonyl (C=O) groups is 1. The maximum atomic E-state index is 11.9. The summed E-state index contributed by atoms with van der Waals surface area (Å²) in [4.78, 5) is 14.3. The summed E-state index contributed by atoms with van der Waals surface area (Å²) in [5, 5.41) is 0. The van der Waals surface area contributed by atoms with Gasteiger partial charge in [-0.2, -0.15) is 0 Å². The van der Waals surface area contributed by atoms with Gasteiger partial charge in [0.25, 0.3) is 0 Å². The average Bonchev–Trinajstić information content (AvgIpc) is 2.83. The Labute approximate surface area is 97.9 Å². The molecule has 0 aliphatic carbocycles. The number of hydrogen-bond acceptors (Lipinski definition) is 2. The third-order valence-corrected chi connectivity index (χ3v) is 4.03. The van der Waals surface area contributed by atoms with E-state index in [-0.39, 0.29) is 11.7 Å². The number of benzene rings is 1. The molecule has 1 heterocycles. The van der Waals surface area contributed by atoms with Crippen LogP contribution in [0.1, 0.15) is 12.8 Å². The summed E-state index contributed by atoms with van der Waals surface area (Å²) in [7, 11) is -1.20. The second-order valence-electron chi connectivity index (χ2n) is 3.89. The van der Waals surface area contributed by atoms with Crippen molar-refractivity contribution in [3.63, 3.8) is 0 Å². The minimum absolute atomic E-state index is 0.0136. The predicted molar refractivity (Wildman–Crippen MR) is 63.5 cm³/mol. The molecule has 1 saturated heterocycles. The Morgan fingerprint density at radius 2 is 1.81 bits per heavy atom. The zero-order valence-electron chi connectivity index (χ0n) is 9.09. The first-order chi connectivity index (χ1) is 7.77. The Hall–Kier alpha value is -1.16. The summed E-state index contributed by atoms with van der Waals surface area (Å²) in [6.07, 6.45) is 2.15. The molecule has 1 aliphatic heterocycles. The third-order valence-electron chi connectivity index (χ3n) is 2.72. The van der Waals surface area contributed by atoms with E-state index in [4.69, 9.17) is 0 Å². The van der Waals surface area contributed by atoms with Crippen LogP contribution in [-0.4, -0.2) is 33.9 Å². The van der Waals surface area contributed by atoms with Crippen molar-refractivity contribution in [2.75, 3.05) is 18.8 Å². The lowest BCUT2D eigenvalue weighted by molar-refractivity contribution is -0.127. The summed E-state index contributed by atoms with van der Waals surface area (Å²) in [6.45, 7) is 1.65. The highest BCUT2D eigenvalue weighted by Crippen LogP contribution is 2.10. The van der Waals surface area contributed by atoms with Crippen molar-refractivity contribution >= 4 is 16.7 Å². The Kier molecular flexibility index (Phi) is 3.72. The van der Waals surface area contributed by atoms with Gasteiger partial charge in [-0.15, -0.1) is 0 Å². The van der Waals surface area contributed by atoms with Gasteiger partial charge in [0, 0.05) is 18.0 Å². The van der Waals surface area contributed by atoms with Gasteiger partial charge >= 0.3 is 0 Å². The maximum Gasteiger partial charge on any atom is 0.235 e. The minimum Gasteiger partial charge on any atom is -0.342 e. The van der Waals surface area contributed by atoms with Crippen LogP contribution in [0, 0.1) is 0 Å². The molecule has 0 radical (unpaired) electrons. The molecule has 2 rings (SSSR count). The lowest BCUT2D eigenvalue weighted by atomic mass is 10.4. The van der Waals surface area contributed by atoms with Crippen LogP contribution in [0.4, 0.5) is 0 Å². The summed E-state index contributed by atoms with van der Waals surface area (Å²) in [6, 6.07) is 9.16. The number of hydrogen-bond donors (Lipinski definition) is 0. The molecule has 3 nitrogen and oxygen atoms in total. The molecule has 1 unspecified atom stereocenters. The van der Waals surface area contributed by atoms with Crippen LogP contribution in [-0.2, 0) is 15.6 Å². The van der Waals surface area contributed by atoms with Crippen LogP contribution < -0.4 is 0 Å². The Balaban J connectivity index is 1.94. The smallest absolute Gasteiger partial charge is 0.235 e. The number of amides is 1. The fraction of sp³-hybridized carbons (Fsp3) is 0.417. The molecule has 0 N–H and O–H groups in total. The Morgan fingerprint density at radius 1 is 1.19 bits per heavy atom. The van der Waals surface area contributed by atoms with Gasteiger partial charge in [-0.05, 0) is 25.0 Å². The molecule has 1 fully saturated rings. The quantitative estimate of drug-likeness (QED) is 0.797. The Morgan fingerprint density at radius 3 is 2.44 bits per heavy atom. The standard InChI is InChI=1S/C12H15NO2S/c14-12(13-8-4-5-9-13)10-16(15)11-6-2-1-3-7-11/h1-3,6-7H,4-5,8-10H2. The van der Waals surface area contributed by atoms with Gasteiger partial charge in [-0.3, -0.25) is 9.00 Å². The van der Waals surface area contributed by atoms with Crippen molar-refractivity contribution in [3.05, 3.63) is 30.3 Å². The number of nitrogens with zero attached hydrogens (tertiary/aromatic N) is 1.